The molecule has 28 heavy (non-hydrogen) atoms. The molecular weight excluding hydrogens is 346 g/mol. The van der Waals surface area contributed by atoms with E-state index >= 15 is 0 Å². The van der Waals surface area contributed by atoms with Gasteiger partial charge in [0.05, 0.1) is 0 Å². The standard InChI is InChI=1S/C24H33N3O/c1-19(2)22-11-7-8-20(3)24(22)25-23(28)12-13-26-14-16-27(17-15-26)18-21-9-5-4-6-10-21/h4-11,19H,12-18H2,1-3H3,(H,25,28). The Kier molecular flexibility index (Phi) is 7.24. The minimum atomic E-state index is 0.114. The van der Waals surface area contributed by atoms with Crippen LogP contribution in [0.2, 0.25) is 0 Å². The molecule has 0 unspecified atom stereocenters. The molecule has 0 bridgehead atoms. The van der Waals surface area contributed by atoms with E-state index in [1.165, 1.54) is 11.1 Å². The molecule has 0 atom stereocenters. The Morgan fingerprint density at radius 3 is 2.32 bits per heavy atom. The number of hydrogen-bond acceptors (Lipinski definition) is 3. The van der Waals surface area contributed by atoms with Gasteiger partial charge < -0.3 is 10.2 Å². The van der Waals surface area contributed by atoms with Gasteiger partial charge in [-0.05, 0) is 29.5 Å². The zero-order valence-electron chi connectivity index (χ0n) is 17.4. The molecule has 1 aliphatic heterocycles. The average molecular weight is 380 g/mol. The van der Waals surface area contributed by atoms with Crippen LogP contribution in [0.25, 0.3) is 0 Å². The fraction of sp³-hybridized carbons (Fsp3) is 0.458. The summed E-state index contributed by atoms with van der Waals surface area (Å²) in [7, 11) is 0. The van der Waals surface area contributed by atoms with Crippen molar-refractivity contribution in [2.75, 3.05) is 38.0 Å². The van der Waals surface area contributed by atoms with Gasteiger partial charge in [0, 0.05) is 51.4 Å². The number of carbonyl (C=O) groups excluding carboxylic acids is 1. The highest BCUT2D eigenvalue weighted by molar-refractivity contribution is 5.92. The number of benzene rings is 2. The van der Waals surface area contributed by atoms with Crippen molar-refractivity contribution >= 4 is 11.6 Å². The number of nitrogens with one attached hydrogen (secondary N) is 1. The molecule has 1 aliphatic rings. The Hall–Kier alpha value is -2.17. The van der Waals surface area contributed by atoms with Crippen molar-refractivity contribution < 1.29 is 4.79 Å². The number of piperazine rings is 1. The summed E-state index contributed by atoms with van der Waals surface area (Å²) in [5.74, 6) is 0.510. The number of rotatable bonds is 7. The van der Waals surface area contributed by atoms with Gasteiger partial charge in [-0.2, -0.15) is 0 Å². The molecule has 1 heterocycles. The molecule has 1 fully saturated rings. The molecule has 2 aromatic rings. The highest BCUT2D eigenvalue weighted by atomic mass is 16.1. The summed E-state index contributed by atoms with van der Waals surface area (Å²) < 4.78 is 0. The maximum absolute atomic E-state index is 12.5. The number of hydrogen-bond donors (Lipinski definition) is 1. The van der Waals surface area contributed by atoms with E-state index < -0.39 is 0 Å². The van der Waals surface area contributed by atoms with Crippen molar-refractivity contribution in [1.82, 2.24) is 9.80 Å². The monoisotopic (exact) mass is 379 g/mol. The molecule has 4 nitrogen and oxygen atoms in total. The van der Waals surface area contributed by atoms with Gasteiger partial charge in [0.2, 0.25) is 5.91 Å². The second-order valence-electron chi connectivity index (χ2n) is 8.10. The molecule has 150 valence electrons. The molecule has 0 aromatic heterocycles. The molecule has 2 aromatic carbocycles. The van der Waals surface area contributed by atoms with E-state index in [0.717, 1.165) is 50.5 Å². The first-order valence-corrected chi connectivity index (χ1v) is 10.4. The Bertz CT molecular complexity index is 765. The third-order valence-electron chi connectivity index (χ3n) is 5.56. The average Bonchev–Trinajstić information content (AvgIpc) is 2.69. The molecule has 3 rings (SSSR count). The first kappa shape index (κ1) is 20.6. The van der Waals surface area contributed by atoms with Gasteiger partial charge in [-0.3, -0.25) is 9.69 Å². The summed E-state index contributed by atoms with van der Waals surface area (Å²) in [6.07, 6.45) is 0.546. The van der Waals surface area contributed by atoms with Gasteiger partial charge in [0.25, 0.3) is 0 Å². The van der Waals surface area contributed by atoms with E-state index in [4.69, 9.17) is 0 Å². The summed E-state index contributed by atoms with van der Waals surface area (Å²) >= 11 is 0. The molecule has 0 radical (unpaired) electrons. The maximum Gasteiger partial charge on any atom is 0.225 e. The van der Waals surface area contributed by atoms with Crippen molar-refractivity contribution in [3.63, 3.8) is 0 Å². The maximum atomic E-state index is 12.5. The highest BCUT2D eigenvalue weighted by Gasteiger charge is 2.18. The topological polar surface area (TPSA) is 35.6 Å². The van der Waals surface area contributed by atoms with E-state index in [0.29, 0.717) is 12.3 Å². The second-order valence-corrected chi connectivity index (χ2v) is 8.10. The van der Waals surface area contributed by atoms with Crippen LogP contribution in [-0.4, -0.2) is 48.4 Å². The molecule has 1 N–H and O–H groups in total. The Balaban J connectivity index is 1.44. The second kappa shape index (κ2) is 9.85. The van der Waals surface area contributed by atoms with Crippen molar-refractivity contribution in [2.45, 2.75) is 39.7 Å². The zero-order chi connectivity index (χ0) is 19.9. The Morgan fingerprint density at radius 2 is 1.64 bits per heavy atom. The van der Waals surface area contributed by atoms with Crippen molar-refractivity contribution in [1.29, 1.82) is 0 Å². The lowest BCUT2D eigenvalue weighted by Gasteiger charge is -2.34. The summed E-state index contributed by atoms with van der Waals surface area (Å²) in [4.78, 5) is 17.4. The lowest BCUT2D eigenvalue weighted by molar-refractivity contribution is -0.116. The first-order valence-electron chi connectivity index (χ1n) is 10.4. The van der Waals surface area contributed by atoms with Crippen LogP contribution in [0.1, 0.15) is 42.9 Å². The largest absolute Gasteiger partial charge is 0.326 e. The third kappa shape index (κ3) is 5.66. The number of para-hydroxylation sites is 1. The molecule has 1 amide bonds. The van der Waals surface area contributed by atoms with E-state index in [1.807, 2.05) is 0 Å². The quantitative estimate of drug-likeness (QED) is 0.781. The van der Waals surface area contributed by atoms with Crippen LogP contribution in [0.4, 0.5) is 5.69 Å². The van der Waals surface area contributed by atoms with Crippen LogP contribution >= 0.6 is 0 Å². The molecule has 1 saturated heterocycles. The lowest BCUT2D eigenvalue weighted by Crippen LogP contribution is -2.46. The van der Waals surface area contributed by atoms with E-state index in [9.17, 15) is 4.79 Å². The number of nitrogens with zero attached hydrogens (tertiary/aromatic N) is 2. The summed E-state index contributed by atoms with van der Waals surface area (Å²) in [6, 6.07) is 16.9. The number of amides is 1. The fourth-order valence-electron chi connectivity index (χ4n) is 3.82. The van der Waals surface area contributed by atoms with Crippen molar-refractivity contribution in [3.8, 4) is 0 Å². The SMILES string of the molecule is Cc1cccc(C(C)C)c1NC(=O)CCN1CCN(Cc2ccccc2)CC1. The Morgan fingerprint density at radius 1 is 0.964 bits per heavy atom. The third-order valence-corrected chi connectivity index (χ3v) is 5.56. The minimum Gasteiger partial charge on any atom is -0.326 e. The highest BCUT2D eigenvalue weighted by Crippen LogP contribution is 2.27. The molecule has 0 aliphatic carbocycles. The smallest absolute Gasteiger partial charge is 0.225 e. The minimum absolute atomic E-state index is 0.114. The van der Waals surface area contributed by atoms with Crippen LogP contribution in [0.5, 0.6) is 0 Å². The van der Waals surface area contributed by atoms with Crippen LogP contribution in [0.3, 0.4) is 0 Å². The number of carbonyl (C=O) groups is 1. The van der Waals surface area contributed by atoms with Crippen molar-refractivity contribution in [2.24, 2.45) is 0 Å². The molecule has 0 spiro atoms. The summed E-state index contributed by atoms with van der Waals surface area (Å²) in [5.41, 5.74) is 4.71. The number of aryl methyl sites for hydroxylation is 1. The predicted octanol–water partition coefficient (Wildman–Crippen LogP) is 4.26. The zero-order valence-corrected chi connectivity index (χ0v) is 17.4. The molecule has 4 heteroatoms. The van der Waals surface area contributed by atoms with Crippen LogP contribution in [-0.2, 0) is 11.3 Å². The normalized spacial score (nSPS) is 15.7. The summed E-state index contributed by atoms with van der Waals surface area (Å²) in [6.45, 7) is 12.4. The van der Waals surface area contributed by atoms with Gasteiger partial charge in [-0.25, -0.2) is 0 Å². The van der Waals surface area contributed by atoms with Gasteiger partial charge in [-0.1, -0.05) is 62.4 Å². The van der Waals surface area contributed by atoms with Gasteiger partial charge in [0.1, 0.15) is 0 Å². The van der Waals surface area contributed by atoms with Gasteiger partial charge in [-0.15, -0.1) is 0 Å². The fourth-order valence-corrected chi connectivity index (χ4v) is 3.82. The van der Waals surface area contributed by atoms with E-state index in [-0.39, 0.29) is 5.91 Å². The van der Waals surface area contributed by atoms with Crippen LogP contribution < -0.4 is 5.32 Å². The van der Waals surface area contributed by atoms with Crippen LogP contribution in [0, 0.1) is 6.92 Å². The Labute approximate surface area is 169 Å². The lowest BCUT2D eigenvalue weighted by atomic mass is 9.98. The molecular formula is C24H33N3O. The predicted molar refractivity (Wildman–Crippen MR) is 117 cm³/mol. The number of anilines is 1. The molecule has 0 saturated carbocycles. The van der Waals surface area contributed by atoms with Crippen LogP contribution in [0.15, 0.2) is 48.5 Å². The van der Waals surface area contributed by atoms with Crippen molar-refractivity contribution in [3.05, 3.63) is 65.2 Å². The van der Waals surface area contributed by atoms with Gasteiger partial charge in [0.15, 0.2) is 0 Å². The summed E-state index contributed by atoms with van der Waals surface area (Å²) in [5, 5.41) is 3.17. The van der Waals surface area contributed by atoms with E-state index in [1.54, 1.807) is 0 Å². The van der Waals surface area contributed by atoms with Gasteiger partial charge >= 0.3 is 0 Å². The van der Waals surface area contributed by atoms with E-state index in [2.05, 4.69) is 84.4 Å². The first-order chi connectivity index (χ1) is 13.5.